The molecule has 3 aromatic carbocycles. The molecule has 152 valence electrons. The normalized spacial score (nSPS) is 18.1. The number of hydrogen-bond acceptors (Lipinski definition) is 5. The van der Waals surface area contributed by atoms with E-state index in [1.807, 2.05) is 66.7 Å². The zero-order valence-electron chi connectivity index (χ0n) is 16.6. The number of halogens is 1. The molecule has 0 amide bonds. The molecule has 0 aliphatic carbocycles. The minimum atomic E-state index is -0.906. The van der Waals surface area contributed by atoms with Crippen LogP contribution in [0.2, 0.25) is 5.02 Å². The summed E-state index contributed by atoms with van der Waals surface area (Å²) < 4.78 is 5.23. The molecular weight excluding hydrogens is 396 g/mol. The minimum absolute atomic E-state index is 0.515. The monoisotopic (exact) mass is 418 g/mol. The molecule has 1 aliphatic rings. The largest absolute Gasteiger partial charge is 0.495 e. The number of hydrogen-bond donors (Lipinski definition) is 3. The van der Waals surface area contributed by atoms with Crippen LogP contribution < -0.4 is 21.1 Å². The Morgan fingerprint density at radius 1 is 1.03 bits per heavy atom. The van der Waals surface area contributed by atoms with Crippen LogP contribution in [0.5, 0.6) is 5.75 Å². The molecule has 4 N–H and O–H groups in total. The van der Waals surface area contributed by atoms with E-state index in [2.05, 4.69) is 22.8 Å². The summed E-state index contributed by atoms with van der Waals surface area (Å²) in [5.41, 5.74) is 9.66. The lowest BCUT2D eigenvalue weighted by molar-refractivity contribution is 0.415. The van der Waals surface area contributed by atoms with E-state index in [4.69, 9.17) is 27.1 Å². The highest BCUT2D eigenvalue weighted by molar-refractivity contribution is 6.32. The molecular formula is C24H23ClN4O. The Balaban J connectivity index is 1.67. The molecule has 6 heteroatoms. The molecule has 1 atom stereocenters. The summed E-state index contributed by atoms with van der Waals surface area (Å²) in [6.45, 7) is 0. The van der Waals surface area contributed by atoms with Crippen molar-refractivity contribution in [1.29, 1.82) is 0 Å². The van der Waals surface area contributed by atoms with Crippen LogP contribution in [-0.2, 0) is 6.42 Å². The van der Waals surface area contributed by atoms with E-state index >= 15 is 0 Å². The number of guanidine groups is 1. The second-order valence-electron chi connectivity index (χ2n) is 7.14. The number of aliphatic imine (C=N–C) groups is 1. The summed E-state index contributed by atoms with van der Waals surface area (Å²) in [6.07, 6.45) is 2.54. The average molecular weight is 419 g/mol. The second-order valence-corrected chi connectivity index (χ2v) is 7.54. The molecule has 3 aromatic rings. The molecule has 1 unspecified atom stereocenters. The number of ether oxygens (including phenoxy) is 1. The zero-order valence-corrected chi connectivity index (χ0v) is 17.4. The maximum Gasteiger partial charge on any atom is 0.202 e. The first kappa shape index (κ1) is 20.0. The van der Waals surface area contributed by atoms with Crippen LogP contribution in [0.25, 0.3) is 5.70 Å². The van der Waals surface area contributed by atoms with Gasteiger partial charge in [-0.05, 0) is 35.4 Å². The van der Waals surface area contributed by atoms with Crippen molar-refractivity contribution in [3.05, 3.63) is 101 Å². The van der Waals surface area contributed by atoms with Gasteiger partial charge in [0.2, 0.25) is 5.96 Å². The van der Waals surface area contributed by atoms with Crippen molar-refractivity contribution in [2.24, 2.45) is 10.7 Å². The fourth-order valence-electron chi connectivity index (χ4n) is 3.41. The van der Waals surface area contributed by atoms with Gasteiger partial charge in [0, 0.05) is 17.8 Å². The first-order chi connectivity index (χ1) is 14.5. The lowest BCUT2D eigenvalue weighted by atomic mass is 9.97. The van der Waals surface area contributed by atoms with E-state index in [1.54, 1.807) is 13.2 Å². The lowest BCUT2D eigenvalue weighted by Crippen LogP contribution is -2.47. The van der Waals surface area contributed by atoms with Crippen molar-refractivity contribution in [3.8, 4) is 5.75 Å². The molecule has 1 heterocycles. The number of methoxy groups -OCH3 is 1. The standard InChI is InChI=1S/C24H23ClN4O/c1-30-22-13-12-19(14-20(22)25)27-23-28-21(18-10-6-3-7-11-18)16-24(26,29-23)15-17-8-4-2-5-9-17/h2-14,16H,15,26H2,1H3,(H2,27,28,29). The van der Waals surface area contributed by atoms with Crippen molar-refractivity contribution < 1.29 is 4.74 Å². The van der Waals surface area contributed by atoms with Gasteiger partial charge in [-0.3, -0.25) is 0 Å². The fraction of sp³-hybridized carbons (Fsp3) is 0.125. The van der Waals surface area contributed by atoms with Gasteiger partial charge in [0.15, 0.2) is 0 Å². The zero-order chi connectivity index (χ0) is 21.0. The van der Waals surface area contributed by atoms with Crippen molar-refractivity contribution in [1.82, 2.24) is 5.32 Å². The number of nitrogens with zero attached hydrogens (tertiary/aromatic N) is 1. The second kappa shape index (κ2) is 8.61. The van der Waals surface area contributed by atoms with Crippen LogP contribution >= 0.6 is 11.6 Å². The Bertz CT molecular complexity index is 1080. The van der Waals surface area contributed by atoms with Gasteiger partial charge in [-0.25, -0.2) is 4.99 Å². The molecule has 0 saturated carbocycles. The van der Waals surface area contributed by atoms with Gasteiger partial charge in [-0.2, -0.15) is 0 Å². The smallest absolute Gasteiger partial charge is 0.202 e. The van der Waals surface area contributed by atoms with E-state index in [1.165, 1.54) is 0 Å². The summed E-state index contributed by atoms with van der Waals surface area (Å²) in [5, 5.41) is 7.16. The summed E-state index contributed by atoms with van der Waals surface area (Å²) >= 11 is 6.27. The van der Waals surface area contributed by atoms with E-state index < -0.39 is 5.66 Å². The number of nitrogens with one attached hydrogen (secondary N) is 2. The average Bonchev–Trinajstić information content (AvgIpc) is 2.74. The summed E-state index contributed by atoms with van der Waals surface area (Å²) in [6, 6.07) is 25.6. The molecule has 0 saturated heterocycles. The molecule has 0 radical (unpaired) electrons. The maximum absolute atomic E-state index is 6.75. The third-order valence-corrected chi connectivity index (χ3v) is 5.09. The Morgan fingerprint density at radius 3 is 2.40 bits per heavy atom. The Labute approximate surface area is 181 Å². The first-order valence-corrected chi connectivity index (χ1v) is 10.0. The molecule has 4 rings (SSSR count). The van der Waals surface area contributed by atoms with Gasteiger partial charge in [0.25, 0.3) is 0 Å². The van der Waals surface area contributed by atoms with Gasteiger partial charge < -0.3 is 21.1 Å². The minimum Gasteiger partial charge on any atom is -0.495 e. The van der Waals surface area contributed by atoms with Gasteiger partial charge in [0.1, 0.15) is 11.4 Å². The van der Waals surface area contributed by atoms with Crippen LogP contribution in [0.4, 0.5) is 5.69 Å². The SMILES string of the molecule is COc1ccc(NC2=NC(N)(Cc3ccccc3)C=C(c3ccccc3)N2)cc1Cl. The van der Waals surface area contributed by atoms with E-state index in [0.717, 1.165) is 22.5 Å². The van der Waals surface area contributed by atoms with E-state index in [9.17, 15) is 0 Å². The van der Waals surface area contributed by atoms with Crippen LogP contribution in [-0.4, -0.2) is 18.7 Å². The quantitative estimate of drug-likeness (QED) is 0.563. The summed E-state index contributed by atoms with van der Waals surface area (Å²) in [5.74, 6) is 1.17. The lowest BCUT2D eigenvalue weighted by Gasteiger charge is -2.30. The Kier molecular flexibility index (Phi) is 5.74. The van der Waals surface area contributed by atoms with Gasteiger partial charge in [0.05, 0.1) is 12.1 Å². The van der Waals surface area contributed by atoms with E-state index in [0.29, 0.717) is 23.2 Å². The molecule has 0 spiro atoms. The van der Waals surface area contributed by atoms with Crippen LogP contribution in [0.3, 0.4) is 0 Å². The van der Waals surface area contributed by atoms with Crippen molar-refractivity contribution in [3.63, 3.8) is 0 Å². The highest BCUT2D eigenvalue weighted by atomic mass is 35.5. The van der Waals surface area contributed by atoms with Gasteiger partial charge in [-0.15, -0.1) is 0 Å². The number of benzene rings is 3. The number of nitrogens with two attached hydrogens (primary N) is 1. The van der Waals surface area contributed by atoms with Crippen LogP contribution in [0.15, 0.2) is 89.9 Å². The molecule has 0 fully saturated rings. The number of anilines is 1. The van der Waals surface area contributed by atoms with Crippen molar-refractivity contribution >= 4 is 28.9 Å². The summed E-state index contributed by atoms with van der Waals surface area (Å²) in [7, 11) is 1.59. The number of rotatable bonds is 5. The third kappa shape index (κ3) is 4.64. The highest BCUT2D eigenvalue weighted by Gasteiger charge is 2.28. The van der Waals surface area contributed by atoms with Crippen molar-refractivity contribution in [2.75, 3.05) is 12.4 Å². The third-order valence-electron chi connectivity index (χ3n) is 4.80. The predicted octanol–water partition coefficient (Wildman–Crippen LogP) is 4.66. The maximum atomic E-state index is 6.75. The van der Waals surface area contributed by atoms with E-state index in [-0.39, 0.29) is 0 Å². The van der Waals surface area contributed by atoms with Crippen LogP contribution in [0, 0.1) is 0 Å². The Hall–Kier alpha value is -3.28. The van der Waals surface area contributed by atoms with Crippen molar-refractivity contribution in [2.45, 2.75) is 12.1 Å². The van der Waals surface area contributed by atoms with Crippen LogP contribution in [0.1, 0.15) is 11.1 Å². The summed E-state index contributed by atoms with van der Waals surface area (Å²) in [4.78, 5) is 4.77. The van der Waals surface area contributed by atoms with Gasteiger partial charge >= 0.3 is 0 Å². The molecule has 0 bridgehead atoms. The molecule has 1 aliphatic heterocycles. The topological polar surface area (TPSA) is 71.7 Å². The molecule has 5 nitrogen and oxygen atoms in total. The predicted molar refractivity (Wildman–Crippen MR) is 124 cm³/mol. The Morgan fingerprint density at radius 2 is 1.73 bits per heavy atom. The first-order valence-electron chi connectivity index (χ1n) is 9.63. The highest BCUT2D eigenvalue weighted by Crippen LogP contribution is 2.28. The fourth-order valence-corrected chi connectivity index (χ4v) is 3.67. The molecule has 0 aromatic heterocycles. The van der Waals surface area contributed by atoms with Gasteiger partial charge in [-0.1, -0.05) is 72.3 Å². The molecule has 30 heavy (non-hydrogen) atoms.